The topological polar surface area (TPSA) is 94.1 Å². The zero-order valence-electron chi connectivity index (χ0n) is 10.7. The van der Waals surface area contributed by atoms with Crippen molar-refractivity contribution in [3.63, 3.8) is 0 Å². The molecule has 6 heteroatoms. The van der Waals surface area contributed by atoms with E-state index in [9.17, 15) is 10.1 Å². The molecule has 98 valence electrons. The number of hydrogen-bond acceptors (Lipinski definition) is 5. The van der Waals surface area contributed by atoms with E-state index in [1.807, 2.05) is 6.92 Å². The van der Waals surface area contributed by atoms with Crippen LogP contribution in [0, 0.1) is 24.0 Å². The van der Waals surface area contributed by atoms with Crippen molar-refractivity contribution in [2.75, 3.05) is 11.1 Å². The number of nitrogens with one attached hydrogen (secondary N) is 1. The zero-order valence-corrected chi connectivity index (χ0v) is 10.7. The van der Waals surface area contributed by atoms with Crippen molar-refractivity contribution in [1.82, 2.24) is 4.98 Å². The van der Waals surface area contributed by atoms with Gasteiger partial charge in [0.05, 0.1) is 10.6 Å². The summed E-state index contributed by atoms with van der Waals surface area (Å²) in [5.74, 6) is 0.490. The molecule has 0 unspecified atom stereocenters. The Labute approximate surface area is 110 Å². The highest BCUT2D eigenvalue weighted by Crippen LogP contribution is 2.26. The van der Waals surface area contributed by atoms with Crippen molar-refractivity contribution >= 4 is 22.9 Å². The van der Waals surface area contributed by atoms with E-state index >= 15 is 0 Å². The van der Waals surface area contributed by atoms with Gasteiger partial charge in [-0.25, -0.2) is 4.98 Å². The van der Waals surface area contributed by atoms with Crippen LogP contribution in [0.5, 0.6) is 0 Å². The summed E-state index contributed by atoms with van der Waals surface area (Å²) in [4.78, 5) is 14.6. The lowest BCUT2D eigenvalue weighted by atomic mass is 10.2. The molecule has 1 heterocycles. The van der Waals surface area contributed by atoms with Crippen LogP contribution in [0.2, 0.25) is 0 Å². The van der Waals surface area contributed by atoms with Crippen molar-refractivity contribution in [3.8, 4) is 0 Å². The van der Waals surface area contributed by atoms with Gasteiger partial charge in [0.2, 0.25) is 0 Å². The molecule has 0 saturated carbocycles. The van der Waals surface area contributed by atoms with E-state index in [-0.39, 0.29) is 5.69 Å². The van der Waals surface area contributed by atoms with Gasteiger partial charge in [-0.3, -0.25) is 10.1 Å². The van der Waals surface area contributed by atoms with E-state index in [0.29, 0.717) is 22.8 Å². The fraction of sp³-hybridized carbons (Fsp3) is 0.154. The Bertz CT molecular complexity index is 641. The monoisotopic (exact) mass is 258 g/mol. The molecule has 2 aromatic rings. The summed E-state index contributed by atoms with van der Waals surface area (Å²) < 4.78 is 0. The second-order valence-corrected chi connectivity index (χ2v) is 4.33. The number of aryl methyl sites for hydroxylation is 2. The Hall–Kier alpha value is -2.63. The lowest BCUT2D eigenvalue weighted by molar-refractivity contribution is -0.385. The molecule has 1 aromatic heterocycles. The number of nitro groups is 1. The molecular formula is C13H14N4O2. The summed E-state index contributed by atoms with van der Waals surface area (Å²) >= 11 is 0. The molecule has 0 aliphatic rings. The lowest BCUT2D eigenvalue weighted by Gasteiger charge is -2.09. The SMILES string of the molecule is Cc1cnc(Nc2ccc(C)c([N+](=O)[O-])c2)c(N)c1. The second kappa shape index (κ2) is 4.93. The van der Waals surface area contributed by atoms with Crippen LogP contribution in [0.3, 0.4) is 0 Å². The van der Waals surface area contributed by atoms with Gasteiger partial charge in [0.25, 0.3) is 5.69 Å². The molecule has 0 spiro atoms. The van der Waals surface area contributed by atoms with Crippen LogP contribution >= 0.6 is 0 Å². The number of nitrogens with zero attached hydrogens (tertiary/aromatic N) is 2. The van der Waals surface area contributed by atoms with Crippen LogP contribution in [0.4, 0.5) is 22.9 Å². The maximum atomic E-state index is 10.9. The molecule has 2 rings (SSSR count). The van der Waals surface area contributed by atoms with E-state index in [1.54, 1.807) is 31.3 Å². The van der Waals surface area contributed by atoms with Gasteiger partial charge in [-0.2, -0.15) is 0 Å². The van der Waals surface area contributed by atoms with Gasteiger partial charge in [0.1, 0.15) is 0 Å². The smallest absolute Gasteiger partial charge is 0.274 e. The number of nitro benzene ring substituents is 1. The first-order valence-corrected chi connectivity index (χ1v) is 5.71. The minimum Gasteiger partial charge on any atom is -0.396 e. The predicted molar refractivity (Wildman–Crippen MR) is 74.5 cm³/mol. The van der Waals surface area contributed by atoms with Crippen LogP contribution in [0.15, 0.2) is 30.5 Å². The fourth-order valence-electron chi connectivity index (χ4n) is 1.72. The molecule has 19 heavy (non-hydrogen) atoms. The third kappa shape index (κ3) is 2.79. The molecule has 0 aliphatic heterocycles. The van der Waals surface area contributed by atoms with Gasteiger partial charge < -0.3 is 11.1 Å². The molecule has 0 bridgehead atoms. The Morgan fingerprint density at radius 3 is 2.68 bits per heavy atom. The van der Waals surface area contributed by atoms with Gasteiger partial charge in [-0.05, 0) is 31.5 Å². The van der Waals surface area contributed by atoms with Crippen LogP contribution in [0.1, 0.15) is 11.1 Å². The van der Waals surface area contributed by atoms with Gasteiger partial charge in [0.15, 0.2) is 5.82 Å². The summed E-state index contributed by atoms with van der Waals surface area (Å²) in [6.45, 7) is 3.59. The molecule has 0 aliphatic carbocycles. The quantitative estimate of drug-likeness (QED) is 0.652. The van der Waals surface area contributed by atoms with Crippen LogP contribution in [0.25, 0.3) is 0 Å². The third-order valence-corrected chi connectivity index (χ3v) is 2.72. The largest absolute Gasteiger partial charge is 0.396 e. The number of aromatic nitrogens is 1. The predicted octanol–water partition coefficient (Wildman–Crippen LogP) is 2.93. The molecule has 0 fully saturated rings. The zero-order chi connectivity index (χ0) is 14.0. The van der Waals surface area contributed by atoms with Crippen LogP contribution < -0.4 is 11.1 Å². The number of anilines is 3. The molecule has 1 aromatic carbocycles. The van der Waals surface area contributed by atoms with E-state index in [0.717, 1.165) is 5.56 Å². The number of rotatable bonds is 3. The Kier molecular flexibility index (Phi) is 3.33. The average molecular weight is 258 g/mol. The molecular weight excluding hydrogens is 244 g/mol. The van der Waals surface area contributed by atoms with Crippen LogP contribution in [-0.2, 0) is 0 Å². The number of nitrogens with two attached hydrogens (primary N) is 1. The molecule has 0 amide bonds. The highest BCUT2D eigenvalue weighted by molar-refractivity contribution is 5.70. The van der Waals surface area contributed by atoms with Crippen molar-refractivity contribution in [2.45, 2.75) is 13.8 Å². The van der Waals surface area contributed by atoms with Gasteiger partial charge in [0, 0.05) is 23.5 Å². The van der Waals surface area contributed by atoms with E-state index in [1.165, 1.54) is 6.07 Å². The average Bonchev–Trinajstić information content (AvgIpc) is 2.34. The Morgan fingerprint density at radius 2 is 2.05 bits per heavy atom. The lowest BCUT2D eigenvalue weighted by Crippen LogP contribution is -2.00. The first kappa shape index (κ1) is 12.8. The maximum absolute atomic E-state index is 10.9. The fourth-order valence-corrected chi connectivity index (χ4v) is 1.72. The molecule has 0 radical (unpaired) electrons. The van der Waals surface area contributed by atoms with Gasteiger partial charge >= 0.3 is 0 Å². The molecule has 3 N–H and O–H groups in total. The highest BCUT2D eigenvalue weighted by atomic mass is 16.6. The first-order chi connectivity index (χ1) is 8.97. The second-order valence-electron chi connectivity index (χ2n) is 4.33. The minimum atomic E-state index is -0.410. The number of nitrogen functional groups attached to an aromatic ring is 1. The normalized spacial score (nSPS) is 10.2. The van der Waals surface area contributed by atoms with Gasteiger partial charge in [-0.1, -0.05) is 6.07 Å². The van der Waals surface area contributed by atoms with Crippen molar-refractivity contribution < 1.29 is 4.92 Å². The van der Waals surface area contributed by atoms with Crippen molar-refractivity contribution in [2.24, 2.45) is 0 Å². The standard InChI is InChI=1S/C13H14N4O2/c1-8-5-11(14)13(15-7-8)16-10-4-3-9(2)12(6-10)17(18)19/h3-7H,14H2,1-2H3,(H,15,16). The summed E-state index contributed by atoms with van der Waals surface area (Å²) in [5.41, 5.74) is 8.56. The molecule has 6 nitrogen and oxygen atoms in total. The summed E-state index contributed by atoms with van der Waals surface area (Å²) in [6.07, 6.45) is 1.68. The third-order valence-electron chi connectivity index (χ3n) is 2.72. The summed E-state index contributed by atoms with van der Waals surface area (Å²) in [7, 11) is 0. The van der Waals surface area contributed by atoms with Crippen molar-refractivity contribution in [3.05, 3.63) is 51.7 Å². The summed E-state index contributed by atoms with van der Waals surface area (Å²) in [6, 6.07) is 6.70. The van der Waals surface area contributed by atoms with Gasteiger partial charge in [-0.15, -0.1) is 0 Å². The van der Waals surface area contributed by atoms with Crippen molar-refractivity contribution in [1.29, 1.82) is 0 Å². The molecule has 0 atom stereocenters. The van der Waals surface area contributed by atoms with E-state index in [4.69, 9.17) is 5.73 Å². The van der Waals surface area contributed by atoms with E-state index < -0.39 is 4.92 Å². The highest BCUT2D eigenvalue weighted by Gasteiger charge is 2.11. The summed E-state index contributed by atoms with van der Waals surface area (Å²) in [5, 5.41) is 13.9. The number of hydrogen-bond donors (Lipinski definition) is 2. The Morgan fingerprint density at radius 1 is 1.32 bits per heavy atom. The van der Waals surface area contributed by atoms with E-state index in [2.05, 4.69) is 10.3 Å². The number of benzene rings is 1. The molecule has 0 saturated heterocycles. The first-order valence-electron chi connectivity index (χ1n) is 5.71. The minimum absolute atomic E-state index is 0.0654. The van der Waals surface area contributed by atoms with Crippen LogP contribution in [-0.4, -0.2) is 9.91 Å². The number of pyridine rings is 1. The maximum Gasteiger partial charge on any atom is 0.274 e. The Balaban J connectivity index is 2.33.